The van der Waals surface area contributed by atoms with E-state index in [-0.39, 0.29) is 5.91 Å². The number of carbonyl (C=O) groups is 1. The Hall–Kier alpha value is -3.62. The van der Waals surface area contributed by atoms with Crippen molar-refractivity contribution in [3.8, 4) is 12.1 Å². The summed E-state index contributed by atoms with van der Waals surface area (Å²) >= 11 is 0. The largest absolute Gasteiger partial charge is 0.361 e. The lowest BCUT2D eigenvalue weighted by atomic mass is 9.81. The number of aromatic amines is 1. The van der Waals surface area contributed by atoms with Gasteiger partial charge >= 0.3 is 0 Å². The van der Waals surface area contributed by atoms with Crippen LogP contribution in [0.3, 0.4) is 0 Å². The van der Waals surface area contributed by atoms with E-state index in [9.17, 15) is 15.3 Å². The maximum Gasteiger partial charge on any atom is 0.272 e. The van der Waals surface area contributed by atoms with E-state index < -0.39 is 5.92 Å². The third kappa shape index (κ3) is 4.05. The molecule has 2 heterocycles. The Morgan fingerprint density at radius 1 is 1.20 bits per heavy atom. The zero-order valence-electron chi connectivity index (χ0n) is 17.6. The number of fused-ring (bicyclic) bond motifs is 1. The lowest BCUT2D eigenvalue weighted by Gasteiger charge is -2.26. The third-order valence-electron chi connectivity index (χ3n) is 5.20. The van der Waals surface area contributed by atoms with Crippen molar-refractivity contribution in [3.05, 3.63) is 52.0 Å². The Kier molecular flexibility index (Phi) is 6.20. The highest BCUT2D eigenvalue weighted by Crippen LogP contribution is 2.38. The van der Waals surface area contributed by atoms with Crippen molar-refractivity contribution >= 4 is 16.8 Å². The number of carbonyl (C=O) groups excluding carboxylic acids is 1. The van der Waals surface area contributed by atoms with Crippen molar-refractivity contribution in [1.82, 2.24) is 25.7 Å². The fourth-order valence-electron chi connectivity index (χ4n) is 3.69. The lowest BCUT2D eigenvalue weighted by molar-refractivity contribution is 0.0949. The number of hydrogen-bond acceptors (Lipinski definition) is 6. The zero-order valence-corrected chi connectivity index (χ0v) is 17.6. The summed E-state index contributed by atoms with van der Waals surface area (Å²) in [6, 6.07) is 10.0. The van der Waals surface area contributed by atoms with Crippen LogP contribution in [0.1, 0.15) is 42.2 Å². The Balaban J connectivity index is 1.96. The van der Waals surface area contributed by atoms with Gasteiger partial charge in [-0.15, -0.1) is 0 Å². The molecule has 30 heavy (non-hydrogen) atoms. The van der Waals surface area contributed by atoms with Gasteiger partial charge in [-0.3, -0.25) is 9.89 Å². The number of aromatic nitrogens is 2. The minimum absolute atomic E-state index is 0.248. The van der Waals surface area contributed by atoms with E-state index in [0.29, 0.717) is 28.8 Å². The molecule has 0 bridgehead atoms. The Bertz CT molecular complexity index is 1090. The van der Waals surface area contributed by atoms with Crippen LogP contribution in [0.2, 0.25) is 0 Å². The van der Waals surface area contributed by atoms with Crippen molar-refractivity contribution in [3.63, 3.8) is 0 Å². The number of nitrogens with one attached hydrogen (secondary N) is 3. The van der Waals surface area contributed by atoms with Gasteiger partial charge in [-0.25, -0.2) is 0 Å². The summed E-state index contributed by atoms with van der Waals surface area (Å²) in [5.74, 6) is -0.724. The maximum absolute atomic E-state index is 12.7. The third-order valence-corrected chi connectivity index (χ3v) is 5.20. The number of dihydropyridines is 1. The van der Waals surface area contributed by atoms with Crippen LogP contribution in [-0.2, 0) is 0 Å². The Morgan fingerprint density at radius 2 is 1.87 bits per heavy atom. The molecule has 3 rings (SSSR count). The second kappa shape index (κ2) is 8.81. The topological polar surface area (TPSA) is 121 Å². The average molecular weight is 403 g/mol. The van der Waals surface area contributed by atoms with Crippen LogP contribution in [0.15, 0.2) is 40.7 Å². The fraction of sp³-hybridized carbons (Fsp3) is 0.364. The van der Waals surface area contributed by atoms with E-state index in [1.165, 1.54) is 0 Å². The summed E-state index contributed by atoms with van der Waals surface area (Å²) < 4.78 is 0. The summed E-state index contributed by atoms with van der Waals surface area (Å²) in [6.07, 6.45) is 0.840. The average Bonchev–Trinajstić information content (AvgIpc) is 3.13. The monoisotopic (exact) mass is 403 g/mol. The normalized spacial score (nSPS) is 14.6. The predicted molar refractivity (Wildman–Crippen MR) is 114 cm³/mol. The van der Waals surface area contributed by atoms with Gasteiger partial charge < -0.3 is 15.5 Å². The van der Waals surface area contributed by atoms with Crippen molar-refractivity contribution in [2.24, 2.45) is 0 Å². The van der Waals surface area contributed by atoms with Crippen LogP contribution in [-0.4, -0.2) is 48.2 Å². The van der Waals surface area contributed by atoms with Crippen molar-refractivity contribution < 1.29 is 4.79 Å². The number of allylic oxidation sites excluding steroid dienone is 4. The molecular weight excluding hydrogens is 378 g/mol. The highest BCUT2D eigenvalue weighted by Gasteiger charge is 2.30. The smallest absolute Gasteiger partial charge is 0.272 e. The molecule has 0 spiro atoms. The Labute approximate surface area is 175 Å². The predicted octanol–water partition coefficient (Wildman–Crippen LogP) is 2.53. The number of nitrogens with zero attached hydrogens (tertiary/aromatic N) is 4. The summed E-state index contributed by atoms with van der Waals surface area (Å²) in [5.41, 5.74) is 4.26. The summed E-state index contributed by atoms with van der Waals surface area (Å²) in [5, 5.41) is 33.2. The molecule has 0 atom stereocenters. The summed E-state index contributed by atoms with van der Waals surface area (Å²) in [7, 11) is 3.98. The van der Waals surface area contributed by atoms with E-state index in [2.05, 4.69) is 37.9 Å². The molecule has 0 saturated heterocycles. The first-order valence-electron chi connectivity index (χ1n) is 9.77. The standard InChI is InChI=1S/C22H25N7O/c1-13-17(11-23)20(18(12-24)14(2)26-13)15-6-7-19-16(10-15)21(28-27-19)22(30)25-8-5-9-29(3)4/h6-7,10,20,26H,5,8-9H2,1-4H3,(H,25,30)(H,27,28). The van der Waals surface area contributed by atoms with Gasteiger partial charge in [0.2, 0.25) is 0 Å². The van der Waals surface area contributed by atoms with Crippen LogP contribution in [0, 0.1) is 22.7 Å². The van der Waals surface area contributed by atoms with Gasteiger partial charge in [0.05, 0.1) is 34.7 Å². The van der Waals surface area contributed by atoms with Gasteiger partial charge in [0.15, 0.2) is 5.69 Å². The van der Waals surface area contributed by atoms with Gasteiger partial charge in [-0.2, -0.15) is 15.6 Å². The second-order valence-corrected chi connectivity index (χ2v) is 7.65. The highest BCUT2D eigenvalue weighted by atomic mass is 16.1. The number of hydrogen-bond donors (Lipinski definition) is 3. The molecule has 3 N–H and O–H groups in total. The molecule has 8 nitrogen and oxygen atoms in total. The molecule has 1 aromatic heterocycles. The van der Waals surface area contributed by atoms with Crippen LogP contribution in [0.5, 0.6) is 0 Å². The van der Waals surface area contributed by atoms with E-state index in [1.807, 2.05) is 46.1 Å². The fourth-order valence-corrected chi connectivity index (χ4v) is 3.69. The molecular formula is C22H25N7O. The molecule has 8 heteroatoms. The molecule has 0 unspecified atom stereocenters. The molecule has 1 aliphatic heterocycles. The first-order chi connectivity index (χ1) is 14.4. The number of H-pyrrole nitrogens is 1. The number of nitriles is 2. The van der Waals surface area contributed by atoms with Crippen LogP contribution in [0.4, 0.5) is 0 Å². The molecule has 0 radical (unpaired) electrons. The van der Waals surface area contributed by atoms with Gasteiger partial charge in [-0.05, 0) is 58.6 Å². The first-order valence-corrected chi connectivity index (χ1v) is 9.77. The number of benzene rings is 1. The SMILES string of the molecule is CC1=C(C#N)C(c2ccc3[nH]nc(C(=O)NCCCN(C)C)c3c2)C(C#N)=C(C)N1. The van der Waals surface area contributed by atoms with E-state index in [4.69, 9.17) is 0 Å². The maximum atomic E-state index is 12.7. The first kappa shape index (κ1) is 21.1. The van der Waals surface area contributed by atoms with E-state index in [1.54, 1.807) is 0 Å². The number of rotatable bonds is 6. The number of amides is 1. The molecule has 1 aromatic carbocycles. The molecule has 0 aliphatic carbocycles. The summed E-state index contributed by atoms with van der Waals surface area (Å²) in [6.45, 7) is 5.09. The quantitative estimate of drug-likeness (QED) is 0.638. The lowest BCUT2D eigenvalue weighted by Crippen LogP contribution is -2.27. The van der Waals surface area contributed by atoms with Gasteiger partial charge in [0, 0.05) is 23.3 Å². The van der Waals surface area contributed by atoms with Crippen LogP contribution < -0.4 is 10.6 Å². The van der Waals surface area contributed by atoms with Crippen molar-refractivity contribution in [2.45, 2.75) is 26.2 Å². The van der Waals surface area contributed by atoms with Gasteiger partial charge in [-0.1, -0.05) is 6.07 Å². The highest BCUT2D eigenvalue weighted by molar-refractivity contribution is 6.04. The molecule has 0 fully saturated rings. The van der Waals surface area contributed by atoms with Gasteiger partial charge in [0.1, 0.15) is 0 Å². The van der Waals surface area contributed by atoms with E-state index in [0.717, 1.165) is 35.4 Å². The van der Waals surface area contributed by atoms with Crippen molar-refractivity contribution in [1.29, 1.82) is 10.5 Å². The minimum atomic E-state index is -0.475. The molecule has 2 aromatic rings. The molecule has 154 valence electrons. The van der Waals surface area contributed by atoms with Crippen LogP contribution >= 0.6 is 0 Å². The van der Waals surface area contributed by atoms with E-state index >= 15 is 0 Å². The molecule has 1 amide bonds. The minimum Gasteiger partial charge on any atom is -0.361 e. The van der Waals surface area contributed by atoms with Crippen LogP contribution in [0.25, 0.3) is 10.9 Å². The Morgan fingerprint density at radius 3 is 2.47 bits per heavy atom. The van der Waals surface area contributed by atoms with Crippen molar-refractivity contribution in [2.75, 3.05) is 27.2 Å². The van der Waals surface area contributed by atoms with Gasteiger partial charge in [0.25, 0.3) is 5.91 Å². The molecule has 1 aliphatic rings. The second-order valence-electron chi connectivity index (χ2n) is 7.65. The molecule has 0 saturated carbocycles. The zero-order chi connectivity index (χ0) is 21.8. The summed E-state index contributed by atoms with van der Waals surface area (Å²) in [4.78, 5) is 14.7.